The fraction of sp³-hybridized carbons (Fsp3) is 0.143. The predicted octanol–water partition coefficient (Wildman–Crippen LogP) is 2.67. The molecule has 0 aliphatic heterocycles. The van der Waals surface area contributed by atoms with Crippen LogP contribution >= 0.6 is 11.8 Å². The van der Waals surface area contributed by atoms with E-state index in [0.717, 1.165) is 11.3 Å². The average Bonchev–Trinajstić information content (AvgIpc) is 2.45. The third-order valence-corrected chi connectivity index (χ3v) is 4.47. The second-order valence-electron chi connectivity index (χ2n) is 4.27. The topological polar surface area (TPSA) is 72.2 Å². The van der Waals surface area contributed by atoms with E-state index in [2.05, 4.69) is 17.4 Å². The third kappa shape index (κ3) is 4.00. The van der Waals surface area contributed by atoms with Gasteiger partial charge in [-0.1, -0.05) is 18.2 Å². The van der Waals surface area contributed by atoms with Gasteiger partial charge in [0.2, 0.25) is 10.0 Å². The van der Waals surface area contributed by atoms with E-state index >= 15 is 0 Å². The molecule has 2 aromatic carbocycles. The molecule has 0 amide bonds. The Bertz CT molecular complexity index is 683. The second-order valence-corrected chi connectivity index (χ2v) is 6.72. The van der Waals surface area contributed by atoms with E-state index in [1.807, 2.05) is 24.5 Å². The summed E-state index contributed by atoms with van der Waals surface area (Å²) in [6, 6.07) is 14.7. The molecule has 0 aliphatic carbocycles. The first-order valence-corrected chi connectivity index (χ1v) is 8.76. The zero-order valence-electron chi connectivity index (χ0n) is 11.0. The van der Waals surface area contributed by atoms with Crippen molar-refractivity contribution in [2.75, 3.05) is 11.6 Å². The molecule has 0 aromatic heterocycles. The van der Waals surface area contributed by atoms with Crippen molar-refractivity contribution < 1.29 is 8.42 Å². The van der Waals surface area contributed by atoms with Crippen LogP contribution in [0.15, 0.2) is 58.3 Å². The summed E-state index contributed by atoms with van der Waals surface area (Å²) in [4.78, 5) is 1.32. The van der Waals surface area contributed by atoms with Crippen molar-refractivity contribution in [3.05, 3.63) is 54.1 Å². The molecule has 0 radical (unpaired) electrons. The number of nitrogens with two attached hydrogens (primary N) is 1. The zero-order chi connectivity index (χ0) is 14.6. The van der Waals surface area contributed by atoms with Gasteiger partial charge in [0.1, 0.15) is 0 Å². The minimum absolute atomic E-state index is 0.111. The third-order valence-electron chi connectivity index (χ3n) is 2.82. The summed E-state index contributed by atoms with van der Waals surface area (Å²) in [5.41, 5.74) is 1.86. The summed E-state index contributed by atoms with van der Waals surface area (Å²) >= 11 is 1.70. The number of primary sulfonamides is 1. The molecule has 2 rings (SSSR count). The van der Waals surface area contributed by atoms with Crippen LogP contribution in [0, 0.1) is 0 Å². The van der Waals surface area contributed by atoms with Crippen molar-refractivity contribution in [1.29, 1.82) is 0 Å². The molecule has 0 saturated heterocycles. The number of anilines is 1. The highest BCUT2D eigenvalue weighted by molar-refractivity contribution is 7.98. The van der Waals surface area contributed by atoms with E-state index in [1.54, 1.807) is 17.8 Å². The normalized spacial score (nSPS) is 11.3. The van der Waals surface area contributed by atoms with Gasteiger partial charge >= 0.3 is 0 Å². The van der Waals surface area contributed by atoms with Crippen LogP contribution < -0.4 is 10.5 Å². The number of rotatable bonds is 5. The smallest absolute Gasteiger partial charge is 0.238 e. The summed E-state index contributed by atoms with van der Waals surface area (Å²) < 4.78 is 22.6. The van der Waals surface area contributed by atoms with Gasteiger partial charge < -0.3 is 5.32 Å². The molecule has 20 heavy (non-hydrogen) atoms. The van der Waals surface area contributed by atoms with Gasteiger partial charge in [0, 0.05) is 17.1 Å². The first-order valence-electron chi connectivity index (χ1n) is 5.99. The van der Waals surface area contributed by atoms with Gasteiger partial charge in [-0.2, -0.15) is 0 Å². The first-order chi connectivity index (χ1) is 9.49. The maximum Gasteiger partial charge on any atom is 0.238 e. The molecular formula is C14H16N2O2S2. The SMILES string of the molecule is CSc1ccc(CNc2cccc(S(N)(=O)=O)c2)cc1. The van der Waals surface area contributed by atoms with Gasteiger partial charge in [0.25, 0.3) is 0 Å². The first kappa shape index (κ1) is 14.9. The van der Waals surface area contributed by atoms with Crippen LogP contribution in [-0.2, 0) is 16.6 Å². The molecule has 0 aliphatic rings. The van der Waals surface area contributed by atoms with Crippen LogP contribution in [-0.4, -0.2) is 14.7 Å². The van der Waals surface area contributed by atoms with Gasteiger partial charge in [-0.05, 0) is 42.2 Å². The Morgan fingerprint density at radius 2 is 1.85 bits per heavy atom. The Balaban J connectivity index is 2.07. The van der Waals surface area contributed by atoms with E-state index in [0.29, 0.717) is 6.54 Å². The Morgan fingerprint density at radius 1 is 1.15 bits per heavy atom. The highest BCUT2D eigenvalue weighted by Crippen LogP contribution is 2.17. The number of sulfonamides is 1. The van der Waals surface area contributed by atoms with Gasteiger partial charge in [-0.25, -0.2) is 13.6 Å². The summed E-state index contributed by atoms with van der Waals surface area (Å²) in [5, 5.41) is 8.29. The number of nitrogens with one attached hydrogen (secondary N) is 1. The molecule has 0 bridgehead atoms. The predicted molar refractivity (Wildman–Crippen MR) is 83.4 cm³/mol. The van der Waals surface area contributed by atoms with E-state index in [1.165, 1.54) is 17.0 Å². The average molecular weight is 308 g/mol. The number of hydrogen-bond acceptors (Lipinski definition) is 4. The van der Waals surface area contributed by atoms with E-state index in [9.17, 15) is 8.42 Å². The van der Waals surface area contributed by atoms with Gasteiger partial charge in [0.05, 0.1) is 4.90 Å². The molecule has 2 aromatic rings. The summed E-state index contributed by atoms with van der Waals surface area (Å²) in [6.07, 6.45) is 2.03. The fourth-order valence-electron chi connectivity index (χ4n) is 1.73. The van der Waals surface area contributed by atoms with Crippen molar-refractivity contribution in [1.82, 2.24) is 0 Å². The van der Waals surface area contributed by atoms with Crippen LogP contribution in [0.4, 0.5) is 5.69 Å². The Morgan fingerprint density at radius 3 is 2.45 bits per heavy atom. The van der Waals surface area contributed by atoms with Crippen molar-refractivity contribution in [2.24, 2.45) is 5.14 Å². The van der Waals surface area contributed by atoms with Crippen molar-refractivity contribution in [2.45, 2.75) is 16.3 Å². The van der Waals surface area contributed by atoms with Crippen LogP contribution in [0.5, 0.6) is 0 Å². The van der Waals surface area contributed by atoms with E-state index in [-0.39, 0.29) is 4.90 Å². The highest BCUT2D eigenvalue weighted by atomic mass is 32.2. The van der Waals surface area contributed by atoms with E-state index in [4.69, 9.17) is 5.14 Å². The molecule has 3 N–H and O–H groups in total. The Kier molecular flexibility index (Phi) is 4.69. The summed E-state index contributed by atoms with van der Waals surface area (Å²) in [7, 11) is -3.66. The summed E-state index contributed by atoms with van der Waals surface area (Å²) in [6.45, 7) is 0.628. The lowest BCUT2D eigenvalue weighted by Crippen LogP contribution is -2.12. The largest absolute Gasteiger partial charge is 0.381 e. The lowest BCUT2D eigenvalue weighted by molar-refractivity contribution is 0.598. The van der Waals surface area contributed by atoms with Crippen LogP contribution in [0.25, 0.3) is 0 Å². The molecule has 0 saturated carbocycles. The molecule has 6 heteroatoms. The van der Waals surface area contributed by atoms with Gasteiger partial charge in [0.15, 0.2) is 0 Å². The second kappa shape index (κ2) is 6.30. The molecule has 0 unspecified atom stereocenters. The van der Waals surface area contributed by atoms with Gasteiger partial charge in [-0.3, -0.25) is 0 Å². The van der Waals surface area contributed by atoms with Crippen molar-refractivity contribution in [3.63, 3.8) is 0 Å². The molecule has 0 spiro atoms. The number of thioether (sulfide) groups is 1. The lowest BCUT2D eigenvalue weighted by Gasteiger charge is -2.08. The molecular weight excluding hydrogens is 292 g/mol. The van der Waals surface area contributed by atoms with Crippen molar-refractivity contribution in [3.8, 4) is 0 Å². The van der Waals surface area contributed by atoms with Crippen molar-refractivity contribution >= 4 is 27.5 Å². The monoisotopic (exact) mass is 308 g/mol. The molecule has 4 nitrogen and oxygen atoms in total. The lowest BCUT2D eigenvalue weighted by atomic mass is 10.2. The molecule has 0 atom stereocenters. The minimum Gasteiger partial charge on any atom is -0.381 e. The fourth-order valence-corrected chi connectivity index (χ4v) is 2.70. The molecule has 0 fully saturated rings. The highest BCUT2D eigenvalue weighted by Gasteiger charge is 2.07. The van der Waals surface area contributed by atoms with Crippen LogP contribution in [0.3, 0.4) is 0 Å². The quantitative estimate of drug-likeness (QED) is 0.833. The molecule has 0 heterocycles. The van der Waals surface area contributed by atoms with Gasteiger partial charge in [-0.15, -0.1) is 11.8 Å². The molecule has 106 valence electrons. The van der Waals surface area contributed by atoms with Crippen LogP contribution in [0.2, 0.25) is 0 Å². The zero-order valence-corrected chi connectivity index (χ0v) is 12.7. The maximum absolute atomic E-state index is 11.3. The minimum atomic E-state index is -3.66. The Labute approximate surface area is 123 Å². The van der Waals surface area contributed by atoms with E-state index < -0.39 is 10.0 Å². The maximum atomic E-state index is 11.3. The van der Waals surface area contributed by atoms with Crippen LogP contribution in [0.1, 0.15) is 5.56 Å². The number of hydrogen-bond donors (Lipinski definition) is 2. The Hall–Kier alpha value is -1.50. The standard InChI is InChI=1S/C14H16N2O2S2/c1-19-13-7-5-11(6-8-13)10-16-12-3-2-4-14(9-12)20(15,17)18/h2-9,16H,10H2,1H3,(H2,15,17,18). The number of benzene rings is 2. The summed E-state index contributed by atoms with van der Waals surface area (Å²) in [5.74, 6) is 0.